The summed E-state index contributed by atoms with van der Waals surface area (Å²) < 4.78 is 13.8. The van der Waals surface area contributed by atoms with Gasteiger partial charge >= 0.3 is 0 Å². The Morgan fingerprint density at radius 3 is 2.76 bits per heavy atom. The van der Waals surface area contributed by atoms with Gasteiger partial charge in [0.1, 0.15) is 5.82 Å². The smallest absolute Gasteiger partial charge is 0.134 e. The topological polar surface area (TPSA) is 35.9 Å². The summed E-state index contributed by atoms with van der Waals surface area (Å²) >= 11 is 0. The molecular weight excluding hydrogens is 215 g/mol. The largest absolute Gasteiger partial charge is 0.382 e. The summed E-state index contributed by atoms with van der Waals surface area (Å²) in [7, 11) is 0. The Hall–Kier alpha value is -1.38. The molecule has 0 saturated heterocycles. The molecule has 0 atom stereocenters. The van der Waals surface area contributed by atoms with Gasteiger partial charge in [0.05, 0.1) is 0 Å². The van der Waals surface area contributed by atoms with Gasteiger partial charge in [-0.15, -0.1) is 0 Å². The SMILES string of the molecule is CCCC(=N)c1ccc(NC2CCC2)cc1F. The van der Waals surface area contributed by atoms with E-state index in [0.717, 1.165) is 12.1 Å². The maximum atomic E-state index is 13.8. The predicted octanol–water partition coefficient (Wildman–Crippen LogP) is 3.96. The number of hydrogen-bond donors (Lipinski definition) is 2. The van der Waals surface area contributed by atoms with E-state index in [9.17, 15) is 4.39 Å². The first kappa shape index (κ1) is 12.1. The van der Waals surface area contributed by atoms with Crippen molar-refractivity contribution in [2.24, 2.45) is 0 Å². The second kappa shape index (κ2) is 5.30. The molecule has 3 heteroatoms. The molecule has 1 aromatic rings. The van der Waals surface area contributed by atoms with Crippen LogP contribution >= 0.6 is 0 Å². The van der Waals surface area contributed by atoms with Gasteiger partial charge in [0.15, 0.2) is 0 Å². The van der Waals surface area contributed by atoms with Crippen LogP contribution in [0.15, 0.2) is 18.2 Å². The molecule has 2 N–H and O–H groups in total. The van der Waals surface area contributed by atoms with Crippen LogP contribution in [0.2, 0.25) is 0 Å². The lowest BCUT2D eigenvalue weighted by molar-refractivity contribution is 0.445. The minimum atomic E-state index is -0.284. The molecule has 0 bridgehead atoms. The average Bonchev–Trinajstić information content (AvgIpc) is 2.24. The molecule has 0 amide bonds. The first-order valence-corrected chi connectivity index (χ1v) is 6.34. The van der Waals surface area contributed by atoms with Crippen molar-refractivity contribution in [3.05, 3.63) is 29.6 Å². The summed E-state index contributed by atoms with van der Waals surface area (Å²) in [4.78, 5) is 0. The van der Waals surface area contributed by atoms with E-state index in [2.05, 4.69) is 5.32 Å². The molecule has 0 heterocycles. The van der Waals surface area contributed by atoms with Gasteiger partial charge in [-0.1, -0.05) is 13.3 Å². The molecule has 1 aliphatic carbocycles. The van der Waals surface area contributed by atoms with E-state index in [1.54, 1.807) is 6.07 Å². The molecule has 0 spiro atoms. The van der Waals surface area contributed by atoms with Crippen LogP contribution in [-0.4, -0.2) is 11.8 Å². The fourth-order valence-electron chi connectivity index (χ4n) is 2.02. The van der Waals surface area contributed by atoms with Crippen molar-refractivity contribution in [1.29, 1.82) is 5.41 Å². The number of hydrogen-bond acceptors (Lipinski definition) is 2. The van der Waals surface area contributed by atoms with Gasteiger partial charge in [-0.25, -0.2) is 4.39 Å². The molecule has 17 heavy (non-hydrogen) atoms. The molecular formula is C14H19FN2. The number of benzene rings is 1. The molecule has 0 aromatic heterocycles. The number of anilines is 1. The van der Waals surface area contributed by atoms with Gasteiger partial charge in [0, 0.05) is 23.0 Å². The second-order valence-corrected chi connectivity index (χ2v) is 4.70. The maximum Gasteiger partial charge on any atom is 0.134 e. The van der Waals surface area contributed by atoms with E-state index in [1.807, 2.05) is 13.0 Å². The average molecular weight is 234 g/mol. The highest BCUT2D eigenvalue weighted by molar-refractivity contribution is 5.98. The molecule has 2 nitrogen and oxygen atoms in total. The van der Waals surface area contributed by atoms with Crippen LogP contribution in [0.25, 0.3) is 0 Å². The highest BCUT2D eigenvalue weighted by atomic mass is 19.1. The maximum absolute atomic E-state index is 13.8. The lowest BCUT2D eigenvalue weighted by Crippen LogP contribution is -2.27. The number of rotatable bonds is 5. The van der Waals surface area contributed by atoms with Gasteiger partial charge in [-0.2, -0.15) is 0 Å². The third-order valence-electron chi connectivity index (χ3n) is 3.27. The predicted molar refractivity (Wildman–Crippen MR) is 69.4 cm³/mol. The summed E-state index contributed by atoms with van der Waals surface area (Å²) in [6.45, 7) is 2.00. The van der Waals surface area contributed by atoms with Crippen molar-refractivity contribution >= 4 is 11.4 Å². The third-order valence-corrected chi connectivity index (χ3v) is 3.27. The van der Waals surface area contributed by atoms with Crippen LogP contribution in [0, 0.1) is 11.2 Å². The second-order valence-electron chi connectivity index (χ2n) is 4.70. The lowest BCUT2D eigenvalue weighted by Gasteiger charge is -2.27. The van der Waals surface area contributed by atoms with Crippen LogP contribution < -0.4 is 5.32 Å². The van der Waals surface area contributed by atoms with E-state index in [1.165, 1.54) is 25.3 Å². The van der Waals surface area contributed by atoms with Crippen molar-refractivity contribution in [3.8, 4) is 0 Å². The molecule has 0 unspecified atom stereocenters. The quantitative estimate of drug-likeness (QED) is 0.743. The highest BCUT2D eigenvalue weighted by Gasteiger charge is 2.17. The fourth-order valence-corrected chi connectivity index (χ4v) is 2.02. The van der Waals surface area contributed by atoms with Gasteiger partial charge in [-0.3, -0.25) is 0 Å². The zero-order chi connectivity index (χ0) is 12.3. The third kappa shape index (κ3) is 2.84. The minimum Gasteiger partial charge on any atom is -0.382 e. The molecule has 0 aliphatic heterocycles. The van der Waals surface area contributed by atoms with E-state index >= 15 is 0 Å². The molecule has 1 fully saturated rings. The molecule has 1 aliphatic rings. The first-order valence-electron chi connectivity index (χ1n) is 6.34. The lowest BCUT2D eigenvalue weighted by atomic mass is 9.93. The van der Waals surface area contributed by atoms with E-state index in [4.69, 9.17) is 5.41 Å². The molecule has 0 radical (unpaired) electrons. The summed E-state index contributed by atoms with van der Waals surface area (Å²) in [5.74, 6) is -0.284. The monoisotopic (exact) mass is 234 g/mol. The van der Waals surface area contributed by atoms with E-state index in [0.29, 0.717) is 23.7 Å². The Labute approximate surface area is 102 Å². The van der Waals surface area contributed by atoms with Crippen molar-refractivity contribution in [2.45, 2.75) is 45.1 Å². The molecule has 2 rings (SSSR count). The Morgan fingerprint density at radius 2 is 2.24 bits per heavy atom. The Balaban J connectivity index is 2.07. The molecule has 1 aromatic carbocycles. The van der Waals surface area contributed by atoms with Crippen molar-refractivity contribution in [3.63, 3.8) is 0 Å². The zero-order valence-electron chi connectivity index (χ0n) is 10.2. The standard InChI is InChI=1S/C14H19FN2/c1-2-4-14(16)12-8-7-11(9-13(12)15)17-10-5-3-6-10/h7-10,16-17H,2-6H2,1H3. The van der Waals surface area contributed by atoms with Crippen LogP contribution in [0.5, 0.6) is 0 Å². The van der Waals surface area contributed by atoms with Gasteiger partial charge in [0.25, 0.3) is 0 Å². The Bertz CT molecular complexity index is 411. The van der Waals surface area contributed by atoms with Crippen LogP contribution in [-0.2, 0) is 0 Å². The number of halogens is 1. The van der Waals surface area contributed by atoms with E-state index < -0.39 is 0 Å². The molecule has 1 saturated carbocycles. The van der Waals surface area contributed by atoms with Crippen molar-refractivity contribution in [1.82, 2.24) is 0 Å². The molecule has 92 valence electrons. The van der Waals surface area contributed by atoms with E-state index in [-0.39, 0.29) is 5.82 Å². The van der Waals surface area contributed by atoms with Gasteiger partial charge in [0.2, 0.25) is 0 Å². The van der Waals surface area contributed by atoms with Crippen LogP contribution in [0.4, 0.5) is 10.1 Å². The fraction of sp³-hybridized carbons (Fsp3) is 0.500. The summed E-state index contributed by atoms with van der Waals surface area (Å²) in [5.41, 5.74) is 1.66. The van der Waals surface area contributed by atoms with Gasteiger partial charge < -0.3 is 10.7 Å². The summed E-state index contributed by atoms with van der Waals surface area (Å²) in [6, 6.07) is 5.61. The van der Waals surface area contributed by atoms with Crippen LogP contribution in [0.3, 0.4) is 0 Å². The van der Waals surface area contributed by atoms with Crippen LogP contribution in [0.1, 0.15) is 44.6 Å². The summed E-state index contributed by atoms with van der Waals surface area (Å²) in [5, 5.41) is 11.1. The Morgan fingerprint density at radius 1 is 1.47 bits per heavy atom. The van der Waals surface area contributed by atoms with Crippen molar-refractivity contribution < 1.29 is 4.39 Å². The highest BCUT2D eigenvalue weighted by Crippen LogP contribution is 2.24. The number of nitrogens with one attached hydrogen (secondary N) is 2. The minimum absolute atomic E-state index is 0.284. The Kier molecular flexibility index (Phi) is 3.77. The van der Waals surface area contributed by atoms with Gasteiger partial charge in [-0.05, 0) is 43.9 Å². The van der Waals surface area contributed by atoms with Crippen molar-refractivity contribution in [2.75, 3.05) is 5.32 Å². The normalized spacial score (nSPS) is 15.4. The zero-order valence-corrected chi connectivity index (χ0v) is 10.2. The summed E-state index contributed by atoms with van der Waals surface area (Å²) in [6.07, 6.45) is 5.12. The first-order chi connectivity index (χ1) is 8.20.